The number of carbonyl (C=O) groups is 1. The van der Waals surface area contributed by atoms with Crippen LogP contribution in [0.25, 0.3) is 0 Å². The van der Waals surface area contributed by atoms with E-state index in [9.17, 15) is 20.1 Å². The molecule has 5 fully saturated rings. The Morgan fingerprint density at radius 2 is 1.59 bits per heavy atom. The molecule has 0 radical (unpaired) electrons. The molecule has 2 bridgehead atoms. The molecule has 344 valence electrons. The minimum atomic E-state index is -1.84. The summed E-state index contributed by atoms with van der Waals surface area (Å²) in [6.07, 6.45) is 3.15. The molecular weight excluding hydrogens is 792 g/mol. The molecule has 0 aromatic heterocycles. The number of carbonyl (C=O) groups excluding carboxylic acids is 1. The lowest BCUT2D eigenvalue weighted by atomic mass is 9.71. The lowest BCUT2D eigenvalue weighted by Crippen LogP contribution is -2.59. The lowest BCUT2D eigenvalue weighted by molar-refractivity contribution is -0.354. The van der Waals surface area contributed by atoms with Crippen LogP contribution in [0.3, 0.4) is 0 Å². The standard InChI is InChI=1S/C46H70O15/c1-24-12-11-13-29-21-53-42-38(47)26(3)16-32(46(29,42)50)43(49)58-31-17-30(61-45(20-31)23-54-35(22-55-45)44(6,7)8)15-14-25(2)40(24)59-37-19-34(52-10)41(28(5)57-37)60-36-18-33(51-9)39(48)27(4)56-36/h11-14,16,24,27-28,30-42,47-48,50H,15,17-23H2,1-10H3/b12-11+,25-14+,29-13+/t24-,27-,28-,30+,31-,32-,33-,34-,35-,36-,37-,38+,39-,40-,41-,42+,45+,46+/m0/s1. The van der Waals surface area contributed by atoms with Crippen LogP contribution in [0, 0.1) is 17.3 Å². The predicted octanol–water partition coefficient (Wildman–Crippen LogP) is 4.20. The molecule has 18 atom stereocenters. The van der Waals surface area contributed by atoms with Gasteiger partial charge in [0.15, 0.2) is 18.4 Å². The number of hydrogen-bond donors (Lipinski definition) is 3. The number of rotatable bonds is 6. The van der Waals surface area contributed by atoms with Gasteiger partial charge in [-0.1, -0.05) is 58.1 Å². The van der Waals surface area contributed by atoms with Crippen LogP contribution in [0.5, 0.6) is 0 Å². The van der Waals surface area contributed by atoms with E-state index in [-0.39, 0.29) is 43.2 Å². The van der Waals surface area contributed by atoms with Gasteiger partial charge in [0.25, 0.3) is 0 Å². The van der Waals surface area contributed by atoms with Gasteiger partial charge in [-0.3, -0.25) is 4.79 Å². The summed E-state index contributed by atoms with van der Waals surface area (Å²) in [5, 5.41) is 34.1. The van der Waals surface area contributed by atoms with Crippen LogP contribution in [0.1, 0.15) is 87.5 Å². The van der Waals surface area contributed by atoms with E-state index >= 15 is 0 Å². The first kappa shape index (κ1) is 46.9. The summed E-state index contributed by atoms with van der Waals surface area (Å²) in [4.78, 5) is 14.2. The summed E-state index contributed by atoms with van der Waals surface area (Å²) in [6.45, 7) is 16.3. The van der Waals surface area contributed by atoms with E-state index in [2.05, 4.69) is 33.8 Å². The van der Waals surface area contributed by atoms with E-state index in [0.717, 1.165) is 5.57 Å². The molecule has 1 aliphatic carbocycles. The molecule has 6 heterocycles. The van der Waals surface area contributed by atoms with E-state index in [4.69, 9.17) is 52.1 Å². The van der Waals surface area contributed by atoms with E-state index < -0.39 is 96.9 Å². The van der Waals surface area contributed by atoms with Crippen molar-refractivity contribution in [2.75, 3.05) is 34.0 Å². The van der Waals surface area contributed by atoms with Crippen LogP contribution in [-0.2, 0) is 56.9 Å². The van der Waals surface area contributed by atoms with E-state index in [1.54, 1.807) is 40.2 Å². The Morgan fingerprint density at radius 1 is 0.885 bits per heavy atom. The van der Waals surface area contributed by atoms with Crippen LogP contribution in [0.15, 0.2) is 47.1 Å². The Kier molecular flexibility index (Phi) is 14.4. The van der Waals surface area contributed by atoms with Gasteiger partial charge in [0.05, 0.1) is 55.9 Å². The number of fused-ring (bicyclic) bond motifs is 2. The topological polar surface area (TPSA) is 179 Å². The van der Waals surface area contributed by atoms with E-state index in [0.29, 0.717) is 43.4 Å². The molecule has 0 aromatic carbocycles. The number of aliphatic hydroxyl groups is 3. The van der Waals surface area contributed by atoms with Gasteiger partial charge in [-0.05, 0) is 56.3 Å². The van der Waals surface area contributed by atoms with Crippen LogP contribution < -0.4 is 0 Å². The summed E-state index contributed by atoms with van der Waals surface area (Å²) in [7, 11) is 3.21. The molecule has 0 saturated carbocycles. The smallest absolute Gasteiger partial charge is 0.316 e. The normalized spacial score (nSPS) is 48.5. The summed E-state index contributed by atoms with van der Waals surface area (Å²) >= 11 is 0. The SMILES string of the molecule is CO[C@H]1C[C@H](O[C@H]2[C@H](C)O[C@@H](O[C@@H]3/C(C)=C/C[C@@H]4C[C@@H](C[C@]5(CO[C@H](C(C)(C)C)CO5)O4)OC(=O)[C@@H]4C=C(C)[C@@H](O)[C@H]5OC/C(=C\C=C\[C@@H]3C)[C@]54O)C[C@@H]2OC)O[C@@H](C)[C@@H]1O. The first-order valence-corrected chi connectivity index (χ1v) is 22.1. The maximum atomic E-state index is 14.2. The molecule has 0 unspecified atom stereocenters. The number of ether oxygens (including phenoxy) is 11. The van der Waals surface area contributed by atoms with Gasteiger partial charge in [0.2, 0.25) is 0 Å². The molecule has 7 aliphatic rings. The fourth-order valence-electron chi connectivity index (χ4n) is 10.0. The average Bonchev–Trinajstić information content (AvgIpc) is 3.55. The van der Waals surface area contributed by atoms with Crippen molar-refractivity contribution in [3.8, 4) is 0 Å². The first-order valence-electron chi connectivity index (χ1n) is 22.1. The van der Waals surface area contributed by atoms with Crippen molar-refractivity contribution in [2.24, 2.45) is 17.3 Å². The highest BCUT2D eigenvalue weighted by Gasteiger charge is 2.60. The van der Waals surface area contributed by atoms with Crippen molar-refractivity contribution in [1.29, 1.82) is 0 Å². The first-order chi connectivity index (χ1) is 28.8. The van der Waals surface area contributed by atoms with Crippen molar-refractivity contribution in [2.45, 2.75) is 185 Å². The van der Waals surface area contributed by atoms with Gasteiger partial charge in [0, 0.05) is 45.8 Å². The largest absolute Gasteiger partial charge is 0.462 e. The highest BCUT2D eigenvalue weighted by atomic mass is 16.7. The van der Waals surface area contributed by atoms with Gasteiger partial charge in [-0.2, -0.15) is 0 Å². The third-order valence-electron chi connectivity index (χ3n) is 13.8. The van der Waals surface area contributed by atoms with Crippen molar-refractivity contribution in [1.82, 2.24) is 0 Å². The van der Waals surface area contributed by atoms with Crippen LogP contribution in [-0.4, -0.2) is 153 Å². The van der Waals surface area contributed by atoms with Gasteiger partial charge in [0.1, 0.15) is 48.6 Å². The quantitative estimate of drug-likeness (QED) is 0.256. The van der Waals surface area contributed by atoms with Gasteiger partial charge in [-0.25, -0.2) is 0 Å². The average molecular weight is 863 g/mol. The van der Waals surface area contributed by atoms with Crippen molar-refractivity contribution < 1.29 is 72.2 Å². The van der Waals surface area contributed by atoms with Crippen LogP contribution in [0.4, 0.5) is 0 Å². The molecule has 0 amide bonds. The second-order valence-electron chi connectivity index (χ2n) is 19.3. The molecule has 61 heavy (non-hydrogen) atoms. The number of hydrogen-bond acceptors (Lipinski definition) is 15. The zero-order chi connectivity index (χ0) is 44.0. The third kappa shape index (κ3) is 9.80. The van der Waals surface area contributed by atoms with Crippen LogP contribution in [0.2, 0.25) is 0 Å². The molecule has 5 saturated heterocycles. The van der Waals surface area contributed by atoms with Gasteiger partial charge >= 0.3 is 5.97 Å². The second kappa shape index (κ2) is 18.8. The molecule has 6 aliphatic heterocycles. The minimum absolute atomic E-state index is 0.0241. The molecule has 0 aromatic rings. The van der Waals surface area contributed by atoms with Crippen molar-refractivity contribution >= 4 is 5.97 Å². The Morgan fingerprint density at radius 3 is 2.28 bits per heavy atom. The zero-order valence-electron chi connectivity index (χ0n) is 37.5. The fourth-order valence-corrected chi connectivity index (χ4v) is 10.0. The Labute approximate surface area is 360 Å². The minimum Gasteiger partial charge on any atom is -0.462 e. The van der Waals surface area contributed by atoms with Crippen molar-refractivity contribution in [3.05, 3.63) is 47.1 Å². The van der Waals surface area contributed by atoms with E-state index in [1.165, 1.54) is 0 Å². The summed E-state index contributed by atoms with van der Waals surface area (Å²) < 4.78 is 69.3. The summed E-state index contributed by atoms with van der Waals surface area (Å²) in [5.74, 6) is -3.07. The molecule has 3 N–H and O–H groups in total. The van der Waals surface area contributed by atoms with Crippen molar-refractivity contribution in [3.63, 3.8) is 0 Å². The number of allylic oxidation sites excluding steroid dienone is 2. The fraction of sp³-hybridized carbons (Fsp3) is 0.804. The molecule has 1 spiro atoms. The number of esters is 1. The third-order valence-corrected chi connectivity index (χ3v) is 13.8. The van der Waals surface area contributed by atoms with Gasteiger partial charge < -0.3 is 67.4 Å². The number of methoxy groups -OCH3 is 2. The molecule has 15 nitrogen and oxygen atoms in total. The molecular formula is C46H70O15. The predicted molar refractivity (Wildman–Crippen MR) is 220 cm³/mol. The summed E-state index contributed by atoms with van der Waals surface area (Å²) in [6, 6.07) is 0. The Hall–Kier alpha value is -2.09. The second-order valence-corrected chi connectivity index (χ2v) is 19.3. The Bertz CT molecular complexity index is 1660. The Balaban J connectivity index is 1.16. The molecule has 7 rings (SSSR count). The summed E-state index contributed by atoms with van der Waals surface area (Å²) in [5.41, 5.74) is -0.0644. The zero-order valence-corrected chi connectivity index (χ0v) is 37.5. The molecule has 15 heteroatoms. The van der Waals surface area contributed by atoms with Crippen LogP contribution >= 0.6 is 0 Å². The number of aliphatic hydroxyl groups excluding tert-OH is 2. The highest BCUT2D eigenvalue weighted by molar-refractivity contribution is 5.78. The maximum Gasteiger partial charge on any atom is 0.316 e. The van der Waals surface area contributed by atoms with E-state index in [1.807, 2.05) is 26.0 Å². The maximum absolute atomic E-state index is 14.2. The van der Waals surface area contributed by atoms with Gasteiger partial charge in [-0.15, -0.1) is 0 Å². The highest BCUT2D eigenvalue weighted by Crippen LogP contribution is 2.47. The monoisotopic (exact) mass is 862 g/mol. The lowest BCUT2D eigenvalue weighted by Gasteiger charge is -2.49.